The largest absolute Gasteiger partial charge is 0.456 e. The number of rotatable bonds is 3. The molecule has 3 heterocycles. The first-order chi connectivity index (χ1) is 17.2. The minimum absolute atomic E-state index is 0.171. The lowest BCUT2D eigenvalue weighted by Gasteiger charge is -2.37. The van der Waals surface area contributed by atoms with Gasteiger partial charge in [-0.1, -0.05) is 6.07 Å². The van der Waals surface area contributed by atoms with E-state index in [1.807, 2.05) is 74.4 Å². The number of fused-ring (bicyclic) bond motifs is 6. The Morgan fingerprint density at radius 2 is 1.25 bits per heavy atom. The van der Waals surface area contributed by atoms with Crippen molar-refractivity contribution in [1.82, 2.24) is 0 Å². The number of imide groups is 1. The molecule has 1 fully saturated rings. The van der Waals surface area contributed by atoms with Crippen molar-refractivity contribution < 1.29 is 23.9 Å². The first-order valence-corrected chi connectivity index (χ1v) is 11.8. The first kappa shape index (κ1) is 22.2. The number of hydrogen-bond acceptors (Lipinski definition) is 7. The van der Waals surface area contributed by atoms with Crippen molar-refractivity contribution in [2.45, 2.75) is 18.4 Å². The molecule has 3 aliphatic rings. The minimum atomic E-state index is -1.22. The van der Waals surface area contributed by atoms with E-state index < -0.39 is 11.6 Å². The molecule has 36 heavy (non-hydrogen) atoms. The zero-order valence-electron chi connectivity index (χ0n) is 20.5. The van der Waals surface area contributed by atoms with Gasteiger partial charge in [0.05, 0.1) is 11.3 Å². The maximum absolute atomic E-state index is 13.4. The average Bonchev–Trinajstić information content (AvgIpc) is 3.34. The van der Waals surface area contributed by atoms with Gasteiger partial charge in [-0.2, -0.15) is 0 Å². The zero-order valence-corrected chi connectivity index (χ0v) is 20.5. The Labute approximate surface area is 208 Å². The van der Waals surface area contributed by atoms with Crippen LogP contribution in [0.4, 0.5) is 17.1 Å². The fourth-order valence-corrected chi connectivity index (χ4v) is 5.25. The van der Waals surface area contributed by atoms with Crippen LogP contribution in [-0.4, -0.2) is 46.0 Å². The monoisotopic (exact) mass is 483 g/mol. The van der Waals surface area contributed by atoms with Crippen LogP contribution < -0.4 is 19.4 Å². The summed E-state index contributed by atoms with van der Waals surface area (Å²) in [5.41, 5.74) is 3.46. The highest BCUT2D eigenvalue weighted by Gasteiger charge is 2.54. The van der Waals surface area contributed by atoms with Gasteiger partial charge in [0.1, 0.15) is 11.5 Å². The molecule has 0 aliphatic carbocycles. The van der Waals surface area contributed by atoms with Crippen molar-refractivity contribution in [3.05, 3.63) is 76.9 Å². The lowest BCUT2D eigenvalue weighted by atomic mass is 9.77. The van der Waals surface area contributed by atoms with E-state index in [0.717, 1.165) is 16.3 Å². The van der Waals surface area contributed by atoms with Crippen LogP contribution in [0.15, 0.2) is 54.6 Å². The van der Waals surface area contributed by atoms with Gasteiger partial charge in [-0.25, -0.2) is 4.79 Å². The van der Waals surface area contributed by atoms with Gasteiger partial charge in [0.2, 0.25) is 11.8 Å². The number of amides is 2. The third-order valence-corrected chi connectivity index (χ3v) is 7.10. The third-order valence-electron chi connectivity index (χ3n) is 7.10. The maximum atomic E-state index is 13.4. The molecular formula is C28H25N3O5. The van der Waals surface area contributed by atoms with Gasteiger partial charge >= 0.3 is 5.97 Å². The van der Waals surface area contributed by atoms with Crippen LogP contribution in [0.2, 0.25) is 0 Å². The minimum Gasteiger partial charge on any atom is -0.456 e. The number of ether oxygens (including phenoxy) is 2. The van der Waals surface area contributed by atoms with Gasteiger partial charge in [0.15, 0.2) is 5.60 Å². The number of benzene rings is 3. The van der Waals surface area contributed by atoms with Crippen LogP contribution in [0.5, 0.6) is 11.5 Å². The molecule has 1 saturated heterocycles. The average molecular weight is 484 g/mol. The molecule has 8 nitrogen and oxygen atoms in total. The highest BCUT2D eigenvalue weighted by Crippen LogP contribution is 2.57. The maximum Gasteiger partial charge on any atom is 0.340 e. The van der Waals surface area contributed by atoms with E-state index in [4.69, 9.17) is 9.47 Å². The second-order valence-corrected chi connectivity index (χ2v) is 9.68. The molecule has 0 aromatic heterocycles. The zero-order chi connectivity index (χ0) is 25.4. The molecule has 0 N–H and O–H groups in total. The Hall–Kier alpha value is -4.33. The summed E-state index contributed by atoms with van der Waals surface area (Å²) >= 11 is 0. The van der Waals surface area contributed by atoms with Crippen molar-refractivity contribution in [2.24, 2.45) is 0 Å². The predicted molar refractivity (Wildman–Crippen MR) is 135 cm³/mol. The molecule has 3 aromatic rings. The van der Waals surface area contributed by atoms with Crippen LogP contribution in [0.1, 0.15) is 39.9 Å². The molecule has 0 bridgehead atoms. The molecule has 8 heteroatoms. The molecule has 0 radical (unpaired) electrons. The van der Waals surface area contributed by atoms with Gasteiger partial charge in [-0.3, -0.25) is 14.5 Å². The van der Waals surface area contributed by atoms with Gasteiger partial charge in [0.25, 0.3) is 0 Å². The van der Waals surface area contributed by atoms with E-state index in [1.54, 1.807) is 18.2 Å². The molecule has 6 rings (SSSR count). The number of carbonyl (C=O) groups is 3. The first-order valence-electron chi connectivity index (χ1n) is 11.8. The summed E-state index contributed by atoms with van der Waals surface area (Å²) in [6.07, 6.45) is 0.343. The molecule has 3 aliphatic heterocycles. The fraction of sp³-hybridized carbons (Fsp3) is 0.250. The van der Waals surface area contributed by atoms with Gasteiger partial charge in [-0.15, -0.1) is 0 Å². The number of esters is 1. The summed E-state index contributed by atoms with van der Waals surface area (Å²) in [5, 5.41) is 0. The predicted octanol–water partition coefficient (Wildman–Crippen LogP) is 4.04. The summed E-state index contributed by atoms with van der Waals surface area (Å²) in [5.74, 6) is 0.141. The topological polar surface area (TPSA) is 79.4 Å². The van der Waals surface area contributed by atoms with Crippen molar-refractivity contribution >= 4 is 34.8 Å². The van der Waals surface area contributed by atoms with E-state index in [2.05, 4.69) is 0 Å². The van der Waals surface area contributed by atoms with Crippen LogP contribution in [0.25, 0.3) is 0 Å². The smallest absolute Gasteiger partial charge is 0.340 e. The standard InChI is InChI=1S/C28H25N3O5/c1-29(2)16-5-9-21-23(14-16)35-24-15-17(30(3)4)6-10-22(24)28(21)20-8-7-18(13-19(20)27(34)36-28)31-25(32)11-12-26(31)33/h5-10,13-15H,11-12H2,1-4H3. The second-order valence-electron chi connectivity index (χ2n) is 9.68. The quantitative estimate of drug-likeness (QED) is 0.411. The fourth-order valence-electron chi connectivity index (χ4n) is 5.25. The molecule has 0 unspecified atom stereocenters. The molecule has 2 amide bonds. The lowest BCUT2D eigenvalue weighted by Crippen LogP contribution is -2.33. The molecular weight excluding hydrogens is 458 g/mol. The van der Waals surface area contributed by atoms with Crippen molar-refractivity contribution in [2.75, 3.05) is 42.9 Å². The van der Waals surface area contributed by atoms with Crippen molar-refractivity contribution in [1.29, 1.82) is 0 Å². The van der Waals surface area contributed by atoms with E-state index in [1.165, 1.54) is 0 Å². The molecule has 1 spiro atoms. The number of carbonyl (C=O) groups excluding carboxylic acids is 3. The molecule has 0 atom stereocenters. The highest BCUT2D eigenvalue weighted by atomic mass is 16.6. The van der Waals surface area contributed by atoms with E-state index >= 15 is 0 Å². The normalized spacial score (nSPS) is 16.9. The highest BCUT2D eigenvalue weighted by molar-refractivity contribution is 6.20. The Balaban J connectivity index is 1.59. The van der Waals surface area contributed by atoms with Crippen LogP contribution >= 0.6 is 0 Å². The summed E-state index contributed by atoms with van der Waals surface area (Å²) in [6, 6.07) is 16.7. The van der Waals surface area contributed by atoms with Crippen LogP contribution in [-0.2, 0) is 19.9 Å². The molecule has 3 aromatic carbocycles. The van der Waals surface area contributed by atoms with Crippen molar-refractivity contribution in [3.63, 3.8) is 0 Å². The Morgan fingerprint density at radius 3 is 1.78 bits per heavy atom. The Morgan fingerprint density at radius 1 is 0.722 bits per heavy atom. The van der Waals surface area contributed by atoms with E-state index in [0.29, 0.717) is 39.4 Å². The Kier molecular flexibility index (Phi) is 4.67. The number of anilines is 3. The number of hydrogen-bond donors (Lipinski definition) is 0. The van der Waals surface area contributed by atoms with Gasteiger partial charge < -0.3 is 19.3 Å². The van der Waals surface area contributed by atoms with Gasteiger partial charge in [0, 0.05) is 81.2 Å². The summed E-state index contributed by atoms with van der Waals surface area (Å²) in [6.45, 7) is 0. The summed E-state index contributed by atoms with van der Waals surface area (Å²) in [7, 11) is 7.80. The van der Waals surface area contributed by atoms with Crippen LogP contribution in [0, 0.1) is 0 Å². The molecule has 0 saturated carbocycles. The van der Waals surface area contributed by atoms with Crippen LogP contribution in [0.3, 0.4) is 0 Å². The van der Waals surface area contributed by atoms with E-state index in [-0.39, 0.29) is 24.7 Å². The summed E-state index contributed by atoms with van der Waals surface area (Å²) in [4.78, 5) is 43.1. The van der Waals surface area contributed by atoms with Gasteiger partial charge in [-0.05, 0) is 36.4 Å². The van der Waals surface area contributed by atoms with E-state index in [9.17, 15) is 14.4 Å². The van der Waals surface area contributed by atoms with Crippen molar-refractivity contribution in [3.8, 4) is 11.5 Å². The SMILES string of the molecule is CN(C)c1ccc2c(c1)Oc1cc(N(C)C)ccc1C21OC(=O)c2cc(N3C(=O)CCC3=O)ccc21. The lowest BCUT2D eigenvalue weighted by molar-refractivity contribution is -0.121. The summed E-state index contributed by atoms with van der Waals surface area (Å²) < 4.78 is 12.6. The third kappa shape index (κ3) is 2.97. The second kappa shape index (κ2) is 7.58. The molecule has 182 valence electrons. The number of nitrogens with zero attached hydrogens (tertiary/aromatic N) is 3. The Bertz CT molecular complexity index is 1400.